The number of thioether (sulfide) groups is 1. The highest BCUT2D eigenvalue weighted by Gasteiger charge is 2.28. The molecule has 94 valence electrons. The molecule has 0 aromatic carbocycles. The van der Waals surface area contributed by atoms with Gasteiger partial charge in [-0.25, -0.2) is 0 Å². The normalized spacial score (nSPS) is 32.8. The summed E-state index contributed by atoms with van der Waals surface area (Å²) in [4.78, 5) is 0. The van der Waals surface area contributed by atoms with Crippen LogP contribution in [-0.4, -0.2) is 36.3 Å². The quantitative estimate of drug-likeness (QED) is 0.820. The van der Waals surface area contributed by atoms with Crippen LogP contribution in [0.15, 0.2) is 0 Å². The monoisotopic (exact) mass is 243 g/mol. The molecule has 2 unspecified atom stereocenters. The zero-order valence-electron chi connectivity index (χ0n) is 10.4. The van der Waals surface area contributed by atoms with Gasteiger partial charge < -0.3 is 10.1 Å². The molecule has 2 fully saturated rings. The molecule has 0 radical (unpaired) electrons. The summed E-state index contributed by atoms with van der Waals surface area (Å²) in [5.74, 6) is 0. The third-order valence-corrected chi connectivity index (χ3v) is 5.47. The number of rotatable bonds is 4. The minimum Gasteiger partial charge on any atom is -0.381 e. The van der Waals surface area contributed by atoms with Crippen molar-refractivity contribution in [3.63, 3.8) is 0 Å². The molecule has 16 heavy (non-hydrogen) atoms. The lowest BCUT2D eigenvalue weighted by Crippen LogP contribution is -2.41. The van der Waals surface area contributed by atoms with E-state index in [1.807, 2.05) is 0 Å². The van der Waals surface area contributed by atoms with E-state index in [4.69, 9.17) is 4.74 Å². The van der Waals surface area contributed by atoms with Gasteiger partial charge in [-0.15, -0.1) is 0 Å². The molecule has 0 amide bonds. The Kier molecular flexibility index (Phi) is 5.46. The van der Waals surface area contributed by atoms with Crippen molar-refractivity contribution in [3.05, 3.63) is 0 Å². The maximum atomic E-state index is 5.43. The molecule has 1 aliphatic heterocycles. The smallest absolute Gasteiger partial charge is 0.0476 e. The largest absolute Gasteiger partial charge is 0.381 e. The van der Waals surface area contributed by atoms with E-state index < -0.39 is 0 Å². The molecule has 3 heteroatoms. The topological polar surface area (TPSA) is 21.3 Å². The summed E-state index contributed by atoms with van der Waals surface area (Å²) < 4.78 is 5.43. The van der Waals surface area contributed by atoms with Gasteiger partial charge in [0.25, 0.3) is 0 Å². The zero-order valence-corrected chi connectivity index (χ0v) is 11.2. The molecule has 1 aliphatic carbocycles. The van der Waals surface area contributed by atoms with Gasteiger partial charge in [0.2, 0.25) is 0 Å². The number of hydrogen-bond donors (Lipinski definition) is 1. The average Bonchev–Trinajstić information content (AvgIpc) is 2.33. The number of hydrogen-bond acceptors (Lipinski definition) is 3. The van der Waals surface area contributed by atoms with E-state index in [1.165, 1.54) is 38.5 Å². The van der Waals surface area contributed by atoms with Crippen molar-refractivity contribution < 1.29 is 4.74 Å². The molecule has 0 aromatic rings. The van der Waals surface area contributed by atoms with Gasteiger partial charge in [-0.3, -0.25) is 0 Å². The predicted octanol–water partition coefficient (Wildman–Crippen LogP) is 2.82. The summed E-state index contributed by atoms with van der Waals surface area (Å²) in [6.45, 7) is 5.31. The summed E-state index contributed by atoms with van der Waals surface area (Å²) in [6, 6.07) is 0.770. The second-order valence-electron chi connectivity index (χ2n) is 4.93. The van der Waals surface area contributed by atoms with Crippen LogP contribution in [0, 0.1) is 0 Å². The van der Waals surface area contributed by atoms with Crippen LogP contribution in [0.1, 0.15) is 45.4 Å². The van der Waals surface area contributed by atoms with Crippen LogP contribution in [0.2, 0.25) is 0 Å². The maximum absolute atomic E-state index is 5.43. The number of ether oxygens (including phenoxy) is 1. The Balaban J connectivity index is 1.80. The molecule has 1 heterocycles. The van der Waals surface area contributed by atoms with E-state index >= 15 is 0 Å². The Labute approximate surface area is 104 Å². The van der Waals surface area contributed by atoms with E-state index in [0.717, 1.165) is 36.3 Å². The fourth-order valence-corrected chi connectivity index (χ4v) is 4.50. The van der Waals surface area contributed by atoms with Crippen LogP contribution < -0.4 is 5.32 Å². The van der Waals surface area contributed by atoms with Crippen LogP contribution in [0.4, 0.5) is 0 Å². The van der Waals surface area contributed by atoms with E-state index in [9.17, 15) is 0 Å². The van der Waals surface area contributed by atoms with Gasteiger partial charge in [-0.05, 0) is 32.2 Å². The summed E-state index contributed by atoms with van der Waals surface area (Å²) in [5, 5.41) is 5.39. The predicted molar refractivity (Wildman–Crippen MR) is 71.2 cm³/mol. The highest BCUT2D eigenvalue weighted by Crippen LogP contribution is 2.34. The average molecular weight is 243 g/mol. The van der Waals surface area contributed by atoms with E-state index in [0.29, 0.717) is 0 Å². The second-order valence-corrected chi connectivity index (χ2v) is 6.48. The molecular weight excluding hydrogens is 218 g/mol. The fourth-order valence-electron chi connectivity index (χ4n) is 2.81. The first-order chi connectivity index (χ1) is 7.90. The lowest BCUT2D eigenvalue weighted by molar-refractivity contribution is 0.0998. The van der Waals surface area contributed by atoms with Crippen LogP contribution in [0.5, 0.6) is 0 Å². The highest BCUT2D eigenvalue weighted by atomic mass is 32.2. The summed E-state index contributed by atoms with van der Waals surface area (Å²) in [6.07, 6.45) is 8.18. The molecule has 2 nitrogen and oxygen atoms in total. The maximum Gasteiger partial charge on any atom is 0.0476 e. The Bertz CT molecular complexity index is 192. The first-order valence-corrected chi connectivity index (χ1v) is 7.81. The summed E-state index contributed by atoms with van der Waals surface area (Å²) in [7, 11) is 0. The zero-order chi connectivity index (χ0) is 11.2. The van der Waals surface area contributed by atoms with Gasteiger partial charge >= 0.3 is 0 Å². The van der Waals surface area contributed by atoms with Crippen molar-refractivity contribution in [2.24, 2.45) is 0 Å². The summed E-state index contributed by atoms with van der Waals surface area (Å²) in [5.41, 5.74) is 0. The first-order valence-electron chi connectivity index (χ1n) is 6.86. The SMILES string of the molecule is CCNC1CCCCC1SC1CCOCC1. The molecule has 0 bridgehead atoms. The Hall–Kier alpha value is 0.270. The number of nitrogens with one attached hydrogen (secondary N) is 1. The van der Waals surface area contributed by atoms with Crippen molar-refractivity contribution in [3.8, 4) is 0 Å². The van der Waals surface area contributed by atoms with E-state index in [1.54, 1.807) is 0 Å². The summed E-state index contributed by atoms with van der Waals surface area (Å²) >= 11 is 2.25. The van der Waals surface area contributed by atoms with Crippen LogP contribution >= 0.6 is 11.8 Å². The van der Waals surface area contributed by atoms with Crippen LogP contribution in [-0.2, 0) is 4.74 Å². The van der Waals surface area contributed by atoms with Crippen LogP contribution in [0.3, 0.4) is 0 Å². The molecule has 0 spiro atoms. The second kappa shape index (κ2) is 6.87. The van der Waals surface area contributed by atoms with E-state index in [2.05, 4.69) is 24.0 Å². The van der Waals surface area contributed by atoms with Gasteiger partial charge in [0.05, 0.1) is 0 Å². The van der Waals surface area contributed by atoms with Crippen molar-refractivity contribution in [2.45, 2.75) is 62.0 Å². The van der Waals surface area contributed by atoms with Crippen molar-refractivity contribution in [1.29, 1.82) is 0 Å². The Morgan fingerprint density at radius 2 is 1.88 bits per heavy atom. The molecule has 1 saturated heterocycles. The minimum absolute atomic E-state index is 0.770. The molecule has 0 aromatic heterocycles. The Morgan fingerprint density at radius 1 is 1.12 bits per heavy atom. The lowest BCUT2D eigenvalue weighted by Gasteiger charge is -2.35. The third kappa shape index (κ3) is 3.64. The fraction of sp³-hybridized carbons (Fsp3) is 1.00. The van der Waals surface area contributed by atoms with Gasteiger partial charge in [0.15, 0.2) is 0 Å². The minimum atomic E-state index is 0.770. The first kappa shape index (κ1) is 12.7. The van der Waals surface area contributed by atoms with Gasteiger partial charge in [-0.2, -0.15) is 11.8 Å². The molecule has 2 aliphatic rings. The molecular formula is C13H25NOS. The molecule has 1 N–H and O–H groups in total. The highest BCUT2D eigenvalue weighted by molar-refractivity contribution is 8.00. The van der Waals surface area contributed by atoms with Crippen LogP contribution in [0.25, 0.3) is 0 Å². The van der Waals surface area contributed by atoms with Gasteiger partial charge in [-0.1, -0.05) is 19.8 Å². The van der Waals surface area contributed by atoms with E-state index in [-0.39, 0.29) is 0 Å². The lowest BCUT2D eigenvalue weighted by atomic mass is 9.95. The van der Waals surface area contributed by atoms with Crippen molar-refractivity contribution >= 4 is 11.8 Å². The van der Waals surface area contributed by atoms with Crippen molar-refractivity contribution in [1.82, 2.24) is 5.32 Å². The molecule has 2 rings (SSSR count). The van der Waals surface area contributed by atoms with Crippen molar-refractivity contribution in [2.75, 3.05) is 19.8 Å². The van der Waals surface area contributed by atoms with Gasteiger partial charge in [0, 0.05) is 29.8 Å². The standard InChI is InChI=1S/C13H25NOS/c1-2-14-12-5-3-4-6-13(12)16-11-7-9-15-10-8-11/h11-14H,2-10H2,1H3. The Morgan fingerprint density at radius 3 is 2.62 bits per heavy atom. The molecule has 1 saturated carbocycles. The molecule has 2 atom stereocenters. The van der Waals surface area contributed by atoms with Gasteiger partial charge in [0.1, 0.15) is 0 Å². The third-order valence-electron chi connectivity index (χ3n) is 3.70.